The highest BCUT2D eigenvalue weighted by Crippen LogP contribution is 2.39. The molecule has 0 radical (unpaired) electrons. The van der Waals surface area contributed by atoms with Gasteiger partial charge in [-0.3, -0.25) is 4.79 Å². The molecule has 1 unspecified atom stereocenters. The Morgan fingerprint density at radius 2 is 2.25 bits per heavy atom. The van der Waals surface area contributed by atoms with Crippen LogP contribution in [0, 0.1) is 6.92 Å². The highest BCUT2D eigenvalue weighted by molar-refractivity contribution is 5.74. The molecule has 0 aromatic carbocycles. The summed E-state index contributed by atoms with van der Waals surface area (Å²) in [6.07, 6.45) is 4.84. The zero-order chi connectivity index (χ0) is 16.7. The fraction of sp³-hybridized carbons (Fsp3) is 0.562. The number of rotatable bonds is 4. The third-order valence-corrected chi connectivity index (χ3v) is 4.55. The van der Waals surface area contributed by atoms with Crippen molar-refractivity contribution in [1.29, 1.82) is 0 Å². The lowest BCUT2D eigenvalue weighted by atomic mass is 9.98. The largest absolute Gasteiger partial charge is 0.354 e. The molecule has 2 fully saturated rings. The van der Waals surface area contributed by atoms with E-state index in [-0.39, 0.29) is 5.91 Å². The van der Waals surface area contributed by atoms with Gasteiger partial charge >= 0.3 is 0 Å². The van der Waals surface area contributed by atoms with Gasteiger partial charge in [-0.25, -0.2) is 9.97 Å². The Bertz CT molecular complexity index is 771. The van der Waals surface area contributed by atoms with E-state index in [0.717, 1.165) is 18.2 Å². The highest BCUT2D eigenvalue weighted by Gasteiger charge is 2.45. The van der Waals surface area contributed by atoms with Crippen molar-refractivity contribution in [2.75, 3.05) is 18.0 Å². The van der Waals surface area contributed by atoms with Crippen LogP contribution < -0.4 is 10.2 Å². The van der Waals surface area contributed by atoms with Gasteiger partial charge in [0.25, 0.3) is 5.89 Å². The van der Waals surface area contributed by atoms with Crippen molar-refractivity contribution in [1.82, 2.24) is 25.4 Å². The number of nitrogens with zero attached hydrogens (tertiary/aromatic N) is 5. The van der Waals surface area contributed by atoms with Crippen LogP contribution in [0.2, 0.25) is 0 Å². The van der Waals surface area contributed by atoms with Crippen molar-refractivity contribution >= 4 is 11.7 Å². The zero-order valence-corrected chi connectivity index (χ0v) is 13.8. The summed E-state index contributed by atoms with van der Waals surface area (Å²) in [5.41, 5.74) is -0.669. The van der Waals surface area contributed by atoms with Crippen LogP contribution in [-0.4, -0.2) is 39.1 Å². The molecule has 1 amide bonds. The molecule has 0 bridgehead atoms. The van der Waals surface area contributed by atoms with Crippen LogP contribution in [0.5, 0.6) is 0 Å². The van der Waals surface area contributed by atoms with Crippen molar-refractivity contribution < 1.29 is 9.32 Å². The summed E-state index contributed by atoms with van der Waals surface area (Å²) in [7, 11) is 0. The maximum absolute atomic E-state index is 11.7. The second kappa shape index (κ2) is 5.54. The molecule has 1 saturated carbocycles. The molecule has 0 spiro atoms. The average Bonchev–Trinajstić information content (AvgIpc) is 3.18. The van der Waals surface area contributed by atoms with Crippen molar-refractivity contribution in [3.05, 3.63) is 29.8 Å². The SMILES string of the molecule is CC(=O)NC1(c2nc(C)no2)CCN(c2ccnc(C3CC3)n2)C1. The number of amides is 1. The molecule has 8 heteroatoms. The summed E-state index contributed by atoms with van der Waals surface area (Å²) in [5.74, 6) is 3.20. The van der Waals surface area contributed by atoms with Crippen LogP contribution in [0.3, 0.4) is 0 Å². The Morgan fingerprint density at radius 1 is 1.42 bits per heavy atom. The molecule has 3 heterocycles. The van der Waals surface area contributed by atoms with Crippen LogP contribution in [-0.2, 0) is 10.3 Å². The third-order valence-electron chi connectivity index (χ3n) is 4.55. The van der Waals surface area contributed by atoms with Crippen LogP contribution in [0.1, 0.15) is 49.6 Å². The van der Waals surface area contributed by atoms with Crippen LogP contribution >= 0.6 is 0 Å². The van der Waals surface area contributed by atoms with Crippen LogP contribution in [0.4, 0.5) is 5.82 Å². The number of anilines is 1. The lowest BCUT2D eigenvalue weighted by Gasteiger charge is -2.26. The van der Waals surface area contributed by atoms with Gasteiger partial charge in [-0.1, -0.05) is 5.16 Å². The van der Waals surface area contributed by atoms with Gasteiger partial charge in [0, 0.05) is 25.6 Å². The number of aromatic nitrogens is 4. The number of hydrogen-bond acceptors (Lipinski definition) is 7. The summed E-state index contributed by atoms with van der Waals surface area (Å²) >= 11 is 0. The molecule has 1 aliphatic carbocycles. The van der Waals surface area contributed by atoms with E-state index in [1.165, 1.54) is 19.8 Å². The van der Waals surface area contributed by atoms with E-state index in [1.54, 1.807) is 6.92 Å². The molecule has 126 valence electrons. The average molecular weight is 328 g/mol. The van der Waals surface area contributed by atoms with Gasteiger partial charge in [0.15, 0.2) is 5.82 Å². The molecule has 1 N–H and O–H groups in total. The molecule has 4 rings (SSSR count). The molecule has 8 nitrogen and oxygen atoms in total. The quantitative estimate of drug-likeness (QED) is 0.903. The van der Waals surface area contributed by atoms with Crippen molar-refractivity contribution in [2.24, 2.45) is 0 Å². The van der Waals surface area contributed by atoms with E-state index < -0.39 is 5.54 Å². The van der Waals surface area contributed by atoms with Gasteiger partial charge in [-0.05, 0) is 32.3 Å². The molecule has 24 heavy (non-hydrogen) atoms. The third kappa shape index (κ3) is 2.72. The summed E-state index contributed by atoms with van der Waals surface area (Å²) in [5, 5.41) is 6.89. The first-order chi connectivity index (χ1) is 11.6. The predicted octanol–water partition coefficient (Wildman–Crippen LogP) is 1.29. The normalized spacial score (nSPS) is 23.5. The van der Waals surface area contributed by atoms with E-state index in [9.17, 15) is 4.79 Å². The Kier molecular flexibility index (Phi) is 3.47. The van der Waals surface area contributed by atoms with E-state index >= 15 is 0 Å². The van der Waals surface area contributed by atoms with E-state index in [0.29, 0.717) is 30.6 Å². The topological polar surface area (TPSA) is 97.0 Å². The first-order valence-electron chi connectivity index (χ1n) is 8.23. The van der Waals surface area contributed by atoms with Gasteiger partial charge in [-0.15, -0.1) is 0 Å². The molecule has 2 aromatic heterocycles. The minimum absolute atomic E-state index is 0.117. The monoisotopic (exact) mass is 328 g/mol. The second-order valence-corrected chi connectivity index (χ2v) is 6.63. The molecule has 1 aliphatic heterocycles. The molecular formula is C16H20N6O2. The molecule has 1 saturated heterocycles. The highest BCUT2D eigenvalue weighted by atomic mass is 16.5. The van der Waals surface area contributed by atoms with E-state index in [1.807, 2.05) is 12.3 Å². The van der Waals surface area contributed by atoms with Crippen LogP contribution in [0.15, 0.2) is 16.8 Å². The van der Waals surface area contributed by atoms with Gasteiger partial charge in [0.2, 0.25) is 5.91 Å². The summed E-state index contributed by atoms with van der Waals surface area (Å²) in [6, 6.07) is 1.91. The Hall–Kier alpha value is -2.51. The first-order valence-corrected chi connectivity index (χ1v) is 8.23. The molecular weight excluding hydrogens is 308 g/mol. The predicted molar refractivity (Wildman–Crippen MR) is 85.4 cm³/mol. The minimum Gasteiger partial charge on any atom is -0.354 e. The molecule has 1 atom stereocenters. The Morgan fingerprint density at radius 3 is 2.92 bits per heavy atom. The number of hydrogen-bond donors (Lipinski definition) is 1. The maximum Gasteiger partial charge on any atom is 0.254 e. The molecule has 2 aliphatic rings. The number of nitrogens with one attached hydrogen (secondary N) is 1. The fourth-order valence-electron chi connectivity index (χ4n) is 3.24. The summed E-state index contributed by atoms with van der Waals surface area (Å²) in [6.45, 7) is 4.58. The smallest absolute Gasteiger partial charge is 0.254 e. The number of carbonyl (C=O) groups is 1. The number of carbonyl (C=O) groups excluding carboxylic acids is 1. The summed E-state index contributed by atoms with van der Waals surface area (Å²) in [4.78, 5) is 27.3. The molecule has 2 aromatic rings. The zero-order valence-electron chi connectivity index (χ0n) is 13.8. The van der Waals surface area contributed by atoms with Crippen LogP contribution in [0.25, 0.3) is 0 Å². The second-order valence-electron chi connectivity index (χ2n) is 6.63. The lowest BCUT2D eigenvalue weighted by Crippen LogP contribution is -2.47. The first kappa shape index (κ1) is 15.0. The Labute approximate surface area is 139 Å². The van der Waals surface area contributed by atoms with Crippen molar-refractivity contribution in [3.63, 3.8) is 0 Å². The maximum atomic E-state index is 11.7. The lowest BCUT2D eigenvalue weighted by molar-refractivity contribution is -0.121. The summed E-state index contributed by atoms with van der Waals surface area (Å²) < 4.78 is 5.37. The van der Waals surface area contributed by atoms with E-state index in [2.05, 4.69) is 25.3 Å². The van der Waals surface area contributed by atoms with Crippen molar-refractivity contribution in [2.45, 2.75) is 44.6 Å². The number of aryl methyl sites for hydroxylation is 1. The fourth-order valence-corrected chi connectivity index (χ4v) is 3.24. The Balaban J connectivity index is 1.62. The van der Waals surface area contributed by atoms with Gasteiger partial charge in [-0.2, -0.15) is 4.98 Å². The van der Waals surface area contributed by atoms with Gasteiger partial charge in [0.05, 0.1) is 6.54 Å². The standard InChI is InChI=1S/C16H20N6O2/c1-10-18-15(24-21-10)16(20-11(2)23)6-8-22(9-16)13-5-7-17-14(19-13)12-3-4-12/h5,7,12H,3-4,6,8-9H2,1-2H3,(H,20,23). The van der Waals surface area contributed by atoms with Crippen molar-refractivity contribution in [3.8, 4) is 0 Å². The van der Waals surface area contributed by atoms with Gasteiger partial charge < -0.3 is 14.7 Å². The van der Waals surface area contributed by atoms with E-state index in [4.69, 9.17) is 9.51 Å². The van der Waals surface area contributed by atoms with Gasteiger partial charge in [0.1, 0.15) is 17.2 Å². The minimum atomic E-state index is -0.669.